The molecule has 0 N–H and O–H groups in total. The van der Waals surface area contributed by atoms with Gasteiger partial charge in [0.25, 0.3) is 0 Å². The van der Waals surface area contributed by atoms with Crippen LogP contribution in [0.25, 0.3) is 0 Å². The molecule has 4 nitrogen and oxygen atoms in total. The van der Waals surface area contributed by atoms with Gasteiger partial charge in [-0.1, -0.05) is 18.7 Å². The topological polar surface area (TPSA) is 44.8 Å². The molecule has 0 amide bonds. The molecule has 0 atom stereocenters. The Morgan fingerprint density at radius 1 is 1.30 bits per heavy atom. The molecule has 0 aromatic heterocycles. The van der Waals surface area contributed by atoms with Crippen molar-refractivity contribution in [3.05, 3.63) is 51.5 Å². The van der Waals surface area contributed by atoms with Crippen LogP contribution >= 0.6 is 22.6 Å². The van der Waals surface area contributed by atoms with Crippen LogP contribution in [0.3, 0.4) is 0 Å². The lowest BCUT2D eigenvalue weighted by atomic mass is 10.1. The van der Waals surface area contributed by atoms with Crippen molar-refractivity contribution in [3.8, 4) is 5.75 Å². The molecule has 5 heteroatoms. The first kappa shape index (κ1) is 16.6. The fourth-order valence-electron chi connectivity index (χ4n) is 1.63. The molecule has 0 aliphatic carbocycles. The summed E-state index contributed by atoms with van der Waals surface area (Å²) in [5.41, 5.74) is 0.828. The van der Waals surface area contributed by atoms with Crippen molar-refractivity contribution in [3.63, 3.8) is 0 Å². The Kier molecular flexibility index (Phi) is 6.57. The van der Waals surface area contributed by atoms with Gasteiger partial charge in [0, 0.05) is 0 Å². The van der Waals surface area contributed by atoms with Gasteiger partial charge in [-0.3, -0.25) is 4.79 Å². The molecule has 0 aliphatic rings. The van der Waals surface area contributed by atoms with Crippen LogP contribution in [-0.4, -0.2) is 20.2 Å². The number of halogens is 1. The van der Waals surface area contributed by atoms with E-state index in [1.807, 2.05) is 18.2 Å². The predicted octanol–water partition coefficient (Wildman–Crippen LogP) is 3.61. The second-order valence-corrected chi connectivity index (χ2v) is 5.30. The number of allylic oxidation sites excluding steroid dienone is 2. The zero-order valence-corrected chi connectivity index (χ0v) is 13.9. The summed E-state index contributed by atoms with van der Waals surface area (Å²) in [6.45, 7) is 5.62. The fraction of sp³-hybridized carbons (Fsp3) is 0.267. The normalized spacial score (nSPS) is 11.4. The van der Waals surface area contributed by atoms with Crippen LogP contribution in [0.5, 0.6) is 5.75 Å². The first-order valence-corrected chi connectivity index (χ1v) is 6.99. The fourth-order valence-corrected chi connectivity index (χ4v) is 2.23. The first-order valence-electron chi connectivity index (χ1n) is 5.91. The third kappa shape index (κ3) is 4.88. The second kappa shape index (κ2) is 7.94. The van der Waals surface area contributed by atoms with Crippen LogP contribution in [-0.2, 0) is 20.7 Å². The van der Waals surface area contributed by atoms with E-state index in [-0.39, 0.29) is 12.4 Å². The molecule has 0 spiro atoms. The minimum Gasteiger partial charge on any atom is -0.492 e. The maximum Gasteiger partial charge on any atom is 0.309 e. The number of carbonyl (C=O) groups is 1. The van der Waals surface area contributed by atoms with Gasteiger partial charge in [-0.2, -0.15) is 0 Å². The maximum absolute atomic E-state index is 11.3. The molecule has 0 aliphatic heterocycles. The molecule has 0 saturated carbocycles. The van der Waals surface area contributed by atoms with Crippen molar-refractivity contribution in [2.24, 2.45) is 0 Å². The number of carbonyl (C=O) groups excluding carboxylic acids is 1. The van der Waals surface area contributed by atoms with Crippen LogP contribution in [0.1, 0.15) is 12.5 Å². The number of esters is 1. The van der Waals surface area contributed by atoms with E-state index in [4.69, 9.17) is 9.47 Å². The lowest BCUT2D eigenvalue weighted by Crippen LogP contribution is -2.05. The van der Waals surface area contributed by atoms with Gasteiger partial charge in [0.2, 0.25) is 0 Å². The molecule has 1 aromatic rings. The van der Waals surface area contributed by atoms with E-state index in [1.165, 1.54) is 7.11 Å². The first-order chi connectivity index (χ1) is 9.47. The number of hydrogen-bond donors (Lipinski definition) is 0. The van der Waals surface area contributed by atoms with Crippen LogP contribution in [0.4, 0.5) is 0 Å². The lowest BCUT2D eigenvalue weighted by Gasteiger charge is -2.12. The van der Waals surface area contributed by atoms with Crippen molar-refractivity contribution in [2.45, 2.75) is 13.3 Å². The van der Waals surface area contributed by atoms with Crippen LogP contribution < -0.4 is 4.74 Å². The Hall–Kier alpha value is -1.50. The van der Waals surface area contributed by atoms with Crippen molar-refractivity contribution < 1.29 is 19.0 Å². The molecular formula is C15H17IO4. The largest absolute Gasteiger partial charge is 0.492 e. The minimum atomic E-state index is -0.285. The third-order valence-electron chi connectivity index (χ3n) is 2.52. The molecule has 0 radical (unpaired) electrons. The van der Waals surface area contributed by atoms with Crippen molar-refractivity contribution >= 4 is 28.6 Å². The predicted molar refractivity (Wildman–Crippen MR) is 85.7 cm³/mol. The Labute approximate surface area is 132 Å². The van der Waals surface area contributed by atoms with E-state index >= 15 is 0 Å². The number of hydrogen-bond acceptors (Lipinski definition) is 4. The molecular weight excluding hydrogens is 371 g/mol. The molecule has 108 valence electrons. The van der Waals surface area contributed by atoms with Gasteiger partial charge < -0.3 is 14.2 Å². The third-order valence-corrected chi connectivity index (χ3v) is 3.01. The van der Waals surface area contributed by atoms with E-state index in [2.05, 4.69) is 33.9 Å². The van der Waals surface area contributed by atoms with E-state index in [0.29, 0.717) is 17.3 Å². The van der Waals surface area contributed by atoms with Crippen LogP contribution in [0.15, 0.2) is 45.9 Å². The number of benzene rings is 1. The van der Waals surface area contributed by atoms with Gasteiger partial charge in [-0.15, -0.1) is 0 Å². The average molecular weight is 388 g/mol. The van der Waals surface area contributed by atoms with Gasteiger partial charge >= 0.3 is 5.97 Å². The molecule has 20 heavy (non-hydrogen) atoms. The van der Waals surface area contributed by atoms with Crippen LogP contribution in [0.2, 0.25) is 0 Å². The van der Waals surface area contributed by atoms with Crippen molar-refractivity contribution in [1.82, 2.24) is 0 Å². The summed E-state index contributed by atoms with van der Waals surface area (Å²) >= 11 is 2.07. The highest BCUT2D eigenvalue weighted by Gasteiger charge is 2.09. The van der Waals surface area contributed by atoms with Crippen molar-refractivity contribution in [1.29, 1.82) is 0 Å². The Bertz CT molecular complexity index is 534. The Morgan fingerprint density at radius 3 is 2.55 bits per heavy atom. The standard InChI is InChI=1S/C15H17IO4/c1-10(16)15(19-4)11(2)20-13-7-5-6-12(8-13)9-14(17)18-3/h5-8H,1,9H2,2-4H3/b15-11+. The van der Waals surface area contributed by atoms with Gasteiger partial charge in [-0.05, 0) is 47.2 Å². The number of methoxy groups -OCH3 is 2. The highest BCUT2D eigenvalue weighted by atomic mass is 127. The van der Waals surface area contributed by atoms with Gasteiger partial charge in [-0.25, -0.2) is 0 Å². The quantitative estimate of drug-likeness (QED) is 0.323. The SMILES string of the molecule is C=C(I)/C(OC)=C(/C)Oc1cccc(CC(=O)OC)c1. The van der Waals surface area contributed by atoms with E-state index in [0.717, 1.165) is 9.14 Å². The molecule has 0 unspecified atom stereocenters. The summed E-state index contributed by atoms with van der Waals surface area (Å²) in [7, 11) is 2.94. The van der Waals surface area contributed by atoms with Gasteiger partial charge in [0.05, 0.1) is 24.2 Å². The zero-order chi connectivity index (χ0) is 15.1. The molecule has 1 rings (SSSR count). The molecule has 0 saturated heterocycles. The smallest absolute Gasteiger partial charge is 0.309 e. The summed E-state index contributed by atoms with van der Waals surface area (Å²) in [6, 6.07) is 7.28. The lowest BCUT2D eigenvalue weighted by molar-refractivity contribution is -0.139. The van der Waals surface area contributed by atoms with Crippen LogP contribution in [0, 0.1) is 0 Å². The summed E-state index contributed by atoms with van der Waals surface area (Å²) in [5, 5.41) is 0. The second-order valence-electron chi connectivity index (χ2n) is 4.00. The molecule has 0 bridgehead atoms. The summed E-state index contributed by atoms with van der Waals surface area (Å²) in [5.74, 6) is 1.56. The average Bonchev–Trinajstić information content (AvgIpc) is 2.39. The summed E-state index contributed by atoms with van der Waals surface area (Å²) in [6.07, 6.45) is 0.215. The van der Waals surface area contributed by atoms with Gasteiger partial charge in [0.15, 0.2) is 5.76 Å². The minimum absolute atomic E-state index is 0.215. The monoisotopic (exact) mass is 388 g/mol. The Balaban J connectivity index is 2.90. The molecule has 0 heterocycles. The highest BCUT2D eigenvalue weighted by Crippen LogP contribution is 2.23. The Morgan fingerprint density at radius 2 is 2.00 bits per heavy atom. The van der Waals surface area contributed by atoms with Crippen molar-refractivity contribution in [2.75, 3.05) is 14.2 Å². The maximum atomic E-state index is 11.3. The highest BCUT2D eigenvalue weighted by molar-refractivity contribution is 14.1. The number of ether oxygens (including phenoxy) is 3. The van der Waals surface area contributed by atoms with E-state index in [9.17, 15) is 4.79 Å². The van der Waals surface area contributed by atoms with E-state index < -0.39 is 0 Å². The van der Waals surface area contributed by atoms with E-state index in [1.54, 1.807) is 20.1 Å². The van der Waals surface area contributed by atoms with Gasteiger partial charge in [0.1, 0.15) is 11.5 Å². The number of rotatable bonds is 6. The molecule has 0 fully saturated rings. The summed E-state index contributed by atoms with van der Waals surface area (Å²) in [4.78, 5) is 11.3. The zero-order valence-electron chi connectivity index (χ0n) is 11.7. The molecule has 1 aromatic carbocycles. The summed E-state index contributed by atoms with van der Waals surface area (Å²) < 4.78 is 16.4.